The van der Waals surface area contributed by atoms with E-state index in [2.05, 4.69) is 53.0 Å². The molecule has 0 radical (unpaired) electrons. The van der Waals surface area contributed by atoms with Crippen LogP contribution >= 0.6 is 0 Å². The maximum absolute atomic E-state index is 4.50. The van der Waals surface area contributed by atoms with Crippen LogP contribution < -0.4 is 10.2 Å². The molecule has 1 aromatic rings. The van der Waals surface area contributed by atoms with Crippen molar-refractivity contribution in [3.63, 3.8) is 0 Å². The van der Waals surface area contributed by atoms with Gasteiger partial charge < -0.3 is 15.1 Å². The van der Waals surface area contributed by atoms with E-state index in [9.17, 15) is 0 Å². The van der Waals surface area contributed by atoms with Crippen molar-refractivity contribution >= 4 is 11.6 Å². The minimum absolute atomic E-state index is 0.543. The lowest BCUT2D eigenvalue weighted by Gasteiger charge is -2.37. The van der Waals surface area contributed by atoms with E-state index in [1.165, 1.54) is 19.4 Å². The third-order valence-electron chi connectivity index (χ3n) is 4.08. The predicted molar refractivity (Wildman–Crippen MR) is 84.5 cm³/mol. The fraction of sp³-hybridized carbons (Fsp3) is 0.733. The zero-order valence-electron chi connectivity index (χ0n) is 13.2. The van der Waals surface area contributed by atoms with E-state index in [0.717, 1.165) is 36.7 Å². The first-order chi connectivity index (χ1) is 9.63. The fourth-order valence-electron chi connectivity index (χ4n) is 2.85. The lowest BCUT2D eigenvalue weighted by molar-refractivity contribution is 0.247. The van der Waals surface area contributed by atoms with Gasteiger partial charge >= 0.3 is 0 Å². The lowest BCUT2D eigenvalue weighted by atomic mass is 10.0. The van der Waals surface area contributed by atoms with Crippen molar-refractivity contribution in [2.45, 2.75) is 39.2 Å². The molecule has 5 heteroatoms. The van der Waals surface area contributed by atoms with Gasteiger partial charge in [-0.15, -0.1) is 0 Å². The van der Waals surface area contributed by atoms with Crippen molar-refractivity contribution in [2.24, 2.45) is 0 Å². The van der Waals surface area contributed by atoms with Gasteiger partial charge in [0.2, 0.25) is 0 Å². The average molecular weight is 277 g/mol. The van der Waals surface area contributed by atoms with Crippen molar-refractivity contribution in [3.05, 3.63) is 11.9 Å². The number of likely N-dealkylation sites (N-methyl/N-ethyl adjacent to an activating group) is 2. The second kappa shape index (κ2) is 6.88. The van der Waals surface area contributed by atoms with E-state index in [0.29, 0.717) is 6.04 Å². The van der Waals surface area contributed by atoms with Gasteiger partial charge in [-0.05, 0) is 39.8 Å². The summed E-state index contributed by atoms with van der Waals surface area (Å²) < 4.78 is 0. The molecule has 1 fully saturated rings. The first-order valence-electron chi connectivity index (χ1n) is 7.60. The SMILES string of the molecule is CCCNc1ncnc(N(C)C2CCCN(C)C2)c1C. The van der Waals surface area contributed by atoms with Crippen molar-refractivity contribution in [1.82, 2.24) is 14.9 Å². The van der Waals surface area contributed by atoms with Gasteiger partial charge in [-0.3, -0.25) is 0 Å². The Hall–Kier alpha value is -1.36. The molecule has 1 atom stereocenters. The Kier molecular flexibility index (Phi) is 5.17. The number of nitrogens with zero attached hydrogens (tertiary/aromatic N) is 4. The largest absolute Gasteiger partial charge is 0.370 e. The summed E-state index contributed by atoms with van der Waals surface area (Å²) in [5.41, 5.74) is 1.15. The van der Waals surface area contributed by atoms with Crippen molar-refractivity contribution in [3.8, 4) is 0 Å². The topological polar surface area (TPSA) is 44.3 Å². The highest BCUT2D eigenvalue weighted by molar-refractivity contribution is 5.58. The van der Waals surface area contributed by atoms with Crippen LogP contribution in [0.15, 0.2) is 6.33 Å². The normalized spacial score (nSPS) is 19.9. The van der Waals surface area contributed by atoms with Crippen molar-refractivity contribution < 1.29 is 0 Å². The van der Waals surface area contributed by atoms with E-state index in [1.54, 1.807) is 6.33 Å². The Bertz CT molecular complexity index is 434. The van der Waals surface area contributed by atoms with Crippen LogP contribution in [0.25, 0.3) is 0 Å². The average Bonchev–Trinajstić information content (AvgIpc) is 2.45. The quantitative estimate of drug-likeness (QED) is 0.893. The van der Waals surface area contributed by atoms with Gasteiger partial charge in [-0.25, -0.2) is 9.97 Å². The molecule has 20 heavy (non-hydrogen) atoms. The minimum Gasteiger partial charge on any atom is -0.370 e. The number of rotatable bonds is 5. The first-order valence-corrected chi connectivity index (χ1v) is 7.60. The second-order valence-corrected chi connectivity index (χ2v) is 5.77. The Labute approximate surface area is 122 Å². The number of likely N-dealkylation sites (tertiary alicyclic amines) is 1. The molecule has 0 aromatic carbocycles. The highest BCUT2D eigenvalue weighted by Gasteiger charge is 2.23. The van der Waals surface area contributed by atoms with Crippen LogP contribution in [0.3, 0.4) is 0 Å². The monoisotopic (exact) mass is 277 g/mol. The number of piperidine rings is 1. The molecular weight excluding hydrogens is 250 g/mol. The molecule has 5 nitrogen and oxygen atoms in total. The molecule has 1 N–H and O–H groups in total. The minimum atomic E-state index is 0.543. The van der Waals surface area contributed by atoms with Gasteiger partial charge in [0.05, 0.1) is 0 Å². The molecule has 1 saturated heterocycles. The second-order valence-electron chi connectivity index (χ2n) is 5.77. The summed E-state index contributed by atoms with van der Waals surface area (Å²) >= 11 is 0. The number of hydrogen-bond donors (Lipinski definition) is 1. The zero-order chi connectivity index (χ0) is 14.5. The van der Waals surface area contributed by atoms with Gasteiger partial charge in [-0.2, -0.15) is 0 Å². The maximum atomic E-state index is 4.50. The van der Waals surface area contributed by atoms with Crippen LogP contribution in [0.2, 0.25) is 0 Å². The Morgan fingerprint density at radius 3 is 2.95 bits per heavy atom. The van der Waals surface area contributed by atoms with E-state index in [-0.39, 0.29) is 0 Å². The molecule has 2 heterocycles. The van der Waals surface area contributed by atoms with Crippen LogP contribution in [-0.2, 0) is 0 Å². The van der Waals surface area contributed by atoms with E-state index in [4.69, 9.17) is 0 Å². The molecule has 0 saturated carbocycles. The molecular formula is C15H27N5. The van der Waals surface area contributed by atoms with Gasteiger partial charge in [0.25, 0.3) is 0 Å². The molecule has 1 aromatic heterocycles. The molecule has 112 valence electrons. The van der Waals surface area contributed by atoms with Crippen LogP contribution in [0.5, 0.6) is 0 Å². The first kappa shape index (κ1) is 15.0. The fourth-order valence-corrected chi connectivity index (χ4v) is 2.85. The van der Waals surface area contributed by atoms with Crippen LogP contribution in [0.1, 0.15) is 31.7 Å². The third-order valence-corrected chi connectivity index (χ3v) is 4.08. The van der Waals surface area contributed by atoms with Crippen LogP contribution in [-0.4, -0.2) is 54.6 Å². The van der Waals surface area contributed by atoms with E-state index in [1.807, 2.05) is 0 Å². The molecule has 0 bridgehead atoms. The summed E-state index contributed by atoms with van der Waals surface area (Å²) in [6.07, 6.45) is 5.27. The third kappa shape index (κ3) is 3.39. The van der Waals surface area contributed by atoms with Gasteiger partial charge in [-0.1, -0.05) is 6.92 Å². The number of nitrogens with one attached hydrogen (secondary N) is 1. The summed E-state index contributed by atoms with van der Waals surface area (Å²) in [5.74, 6) is 2.02. The summed E-state index contributed by atoms with van der Waals surface area (Å²) in [7, 11) is 4.35. The highest BCUT2D eigenvalue weighted by Crippen LogP contribution is 2.25. The molecule has 0 aliphatic carbocycles. The molecule has 0 amide bonds. The molecule has 1 unspecified atom stereocenters. The predicted octanol–water partition coefficient (Wildman–Crippen LogP) is 2.14. The van der Waals surface area contributed by atoms with Crippen LogP contribution in [0.4, 0.5) is 11.6 Å². The molecule has 1 aliphatic rings. The standard InChI is InChI=1S/C15H27N5/c1-5-8-16-14-12(2)15(18-11-17-14)20(4)13-7-6-9-19(3)10-13/h11,13H,5-10H2,1-4H3,(H,16,17,18). The van der Waals surface area contributed by atoms with Crippen LogP contribution in [0, 0.1) is 6.92 Å². The zero-order valence-corrected chi connectivity index (χ0v) is 13.2. The summed E-state index contributed by atoms with van der Waals surface area (Å²) in [5, 5.41) is 3.38. The van der Waals surface area contributed by atoms with Crippen molar-refractivity contribution in [1.29, 1.82) is 0 Å². The summed E-state index contributed by atoms with van der Waals surface area (Å²) in [6.45, 7) is 7.53. The summed E-state index contributed by atoms with van der Waals surface area (Å²) in [4.78, 5) is 13.6. The number of hydrogen-bond acceptors (Lipinski definition) is 5. The van der Waals surface area contributed by atoms with Crippen molar-refractivity contribution in [2.75, 3.05) is 43.9 Å². The number of aromatic nitrogens is 2. The summed E-state index contributed by atoms with van der Waals surface area (Å²) in [6, 6.07) is 0.543. The smallest absolute Gasteiger partial charge is 0.137 e. The van der Waals surface area contributed by atoms with Gasteiger partial charge in [0, 0.05) is 31.7 Å². The molecule has 0 spiro atoms. The Balaban J connectivity index is 2.14. The Morgan fingerprint density at radius 1 is 1.45 bits per heavy atom. The van der Waals surface area contributed by atoms with Gasteiger partial charge in [0.15, 0.2) is 0 Å². The molecule has 1 aliphatic heterocycles. The number of anilines is 2. The maximum Gasteiger partial charge on any atom is 0.137 e. The highest BCUT2D eigenvalue weighted by atomic mass is 15.2. The van der Waals surface area contributed by atoms with E-state index < -0.39 is 0 Å². The lowest BCUT2D eigenvalue weighted by Crippen LogP contribution is -2.45. The molecule has 2 rings (SSSR count). The van der Waals surface area contributed by atoms with Gasteiger partial charge in [0.1, 0.15) is 18.0 Å². The Morgan fingerprint density at radius 2 is 2.25 bits per heavy atom. The van der Waals surface area contributed by atoms with E-state index >= 15 is 0 Å².